The third kappa shape index (κ3) is 6.42. The summed E-state index contributed by atoms with van der Waals surface area (Å²) in [6, 6.07) is 78.6. The van der Waals surface area contributed by atoms with Gasteiger partial charge in [-0.3, -0.25) is 0 Å². The van der Waals surface area contributed by atoms with Crippen molar-refractivity contribution in [3.05, 3.63) is 224 Å². The van der Waals surface area contributed by atoms with E-state index in [4.69, 9.17) is 19.9 Å². The maximum Gasteiger partial charge on any atom is 0.164 e. The van der Waals surface area contributed by atoms with Gasteiger partial charge in [-0.05, 0) is 58.0 Å². The first-order chi connectivity index (χ1) is 31.2. The van der Waals surface area contributed by atoms with Crippen LogP contribution in [-0.2, 0) is 0 Å². The molecule has 0 aliphatic rings. The number of para-hydroxylation sites is 1. The van der Waals surface area contributed by atoms with Crippen LogP contribution in [-0.4, -0.2) is 24.5 Å². The summed E-state index contributed by atoms with van der Waals surface area (Å²) in [6.45, 7) is 0. The normalized spacial score (nSPS) is 11.5. The van der Waals surface area contributed by atoms with E-state index in [2.05, 4.69) is 193 Å². The number of pyridine rings is 1. The van der Waals surface area contributed by atoms with Gasteiger partial charge < -0.3 is 4.57 Å². The SMILES string of the molecule is c1ccc(-c2cccc(-c3nc(-c4ccccc4)nc(-c4ccc(-c5ccc6c(c5)c5ccc7c8ccccc8c(-c8ccccc8)nc7c5n6-c5ccccc5)cc4)n3)c2)cc1. The molecule has 0 unspecified atom stereocenters. The van der Waals surface area contributed by atoms with Gasteiger partial charge in [-0.1, -0.05) is 194 Å². The number of benzene rings is 9. The number of nitrogens with zero attached hydrogens (tertiary/aromatic N) is 5. The fourth-order valence-electron chi connectivity index (χ4n) is 8.99. The van der Waals surface area contributed by atoms with Crippen molar-refractivity contribution >= 4 is 43.5 Å². The zero-order valence-corrected chi connectivity index (χ0v) is 34.1. The van der Waals surface area contributed by atoms with Crippen molar-refractivity contribution in [1.82, 2.24) is 24.5 Å². The van der Waals surface area contributed by atoms with Crippen LogP contribution in [0.5, 0.6) is 0 Å². The van der Waals surface area contributed by atoms with Crippen molar-refractivity contribution in [1.29, 1.82) is 0 Å². The van der Waals surface area contributed by atoms with E-state index in [1.807, 2.05) is 36.4 Å². The highest BCUT2D eigenvalue weighted by Gasteiger charge is 2.20. The number of hydrogen-bond donors (Lipinski definition) is 0. The Kier molecular flexibility index (Phi) is 8.75. The molecular weight excluding hydrogens is 767 g/mol. The summed E-state index contributed by atoms with van der Waals surface area (Å²) < 4.78 is 2.38. The Morgan fingerprint density at radius 2 is 0.746 bits per heavy atom. The standard InChI is InChI=1S/C58H37N5/c1-5-16-38(17-6-1)43-22-15-23-45(36-43)58-61-56(41-20-9-3-10-21-41)60-57(62-58)42-30-28-39(29-31-42)44-32-35-52-51(37-44)50-34-33-49-47-26-13-14-27-48(47)53(40-18-7-2-8-19-40)59-54(49)55(50)63(52)46-24-11-4-12-25-46/h1-37H. The predicted molar refractivity (Wildman–Crippen MR) is 260 cm³/mol. The van der Waals surface area contributed by atoms with E-state index in [-0.39, 0.29) is 0 Å². The van der Waals surface area contributed by atoms with E-state index >= 15 is 0 Å². The maximum atomic E-state index is 5.53. The van der Waals surface area contributed by atoms with Gasteiger partial charge >= 0.3 is 0 Å². The molecule has 0 bridgehead atoms. The lowest BCUT2D eigenvalue weighted by Crippen LogP contribution is -2.00. The first-order valence-corrected chi connectivity index (χ1v) is 21.2. The predicted octanol–water partition coefficient (Wildman–Crippen LogP) is 14.7. The minimum Gasteiger partial charge on any atom is -0.307 e. The molecule has 63 heavy (non-hydrogen) atoms. The molecule has 294 valence electrons. The Balaban J connectivity index is 0.993. The van der Waals surface area contributed by atoms with E-state index < -0.39 is 0 Å². The Morgan fingerprint density at radius 1 is 0.270 bits per heavy atom. The zero-order chi connectivity index (χ0) is 41.7. The zero-order valence-electron chi connectivity index (χ0n) is 34.1. The van der Waals surface area contributed by atoms with E-state index in [0.29, 0.717) is 17.5 Å². The Labute approximate surface area is 364 Å². The van der Waals surface area contributed by atoms with E-state index in [0.717, 1.165) is 88.6 Å². The summed E-state index contributed by atoms with van der Waals surface area (Å²) >= 11 is 0. The molecule has 0 radical (unpaired) electrons. The first-order valence-electron chi connectivity index (χ1n) is 21.2. The number of rotatable bonds is 7. The highest BCUT2D eigenvalue weighted by atomic mass is 15.0. The summed E-state index contributed by atoms with van der Waals surface area (Å²) in [6.07, 6.45) is 0. The number of aromatic nitrogens is 5. The molecule has 0 saturated carbocycles. The van der Waals surface area contributed by atoms with E-state index in [9.17, 15) is 0 Å². The van der Waals surface area contributed by atoms with Crippen LogP contribution >= 0.6 is 0 Å². The van der Waals surface area contributed by atoms with E-state index in [1.165, 1.54) is 10.8 Å². The van der Waals surface area contributed by atoms with Crippen molar-refractivity contribution in [3.8, 4) is 73.4 Å². The topological polar surface area (TPSA) is 56.5 Å². The molecule has 0 fully saturated rings. The lowest BCUT2D eigenvalue weighted by molar-refractivity contribution is 1.07. The van der Waals surface area contributed by atoms with Crippen molar-refractivity contribution in [2.75, 3.05) is 0 Å². The van der Waals surface area contributed by atoms with Crippen molar-refractivity contribution in [3.63, 3.8) is 0 Å². The quantitative estimate of drug-likeness (QED) is 0.151. The van der Waals surface area contributed by atoms with E-state index in [1.54, 1.807) is 0 Å². The molecule has 3 aromatic heterocycles. The molecule has 0 spiro atoms. The molecule has 0 atom stereocenters. The van der Waals surface area contributed by atoms with Crippen LogP contribution in [0.25, 0.3) is 117 Å². The molecule has 0 aliphatic heterocycles. The van der Waals surface area contributed by atoms with Gasteiger partial charge in [0.15, 0.2) is 17.5 Å². The number of fused-ring (bicyclic) bond motifs is 7. The fourth-order valence-corrected chi connectivity index (χ4v) is 8.99. The number of hydrogen-bond acceptors (Lipinski definition) is 4. The molecule has 9 aromatic carbocycles. The summed E-state index contributed by atoms with van der Waals surface area (Å²) in [4.78, 5) is 20.6. The summed E-state index contributed by atoms with van der Waals surface area (Å²) in [5.41, 5.74) is 13.7. The molecule has 12 aromatic rings. The third-order valence-corrected chi connectivity index (χ3v) is 12.0. The van der Waals surface area contributed by atoms with Gasteiger partial charge in [-0.2, -0.15) is 0 Å². The van der Waals surface area contributed by atoms with Gasteiger partial charge in [0.05, 0.1) is 22.2 Å². The largest absolute Gasteiger partial charge is 0.307 e. The van der Waals surface area contributed by atoms with Crippen LogP contribution in [0, 0.1) is 0 Å². The molecule has 0 amide bonds. The second-order valence-corrected chi connectivity index (χ2v) is 15.8. The third-order valence-electron chi connectivity index (χ3n) is 12.0. The van der Waals surface area contributed by atoms with Gasteiger partial charge in [-0.25, -0.2) is 19.9 Å². The summed E-state index contributed by atoms with van der Waals surface area (Å²) in [7, 11) is 0. The lowest BCUT2D eigenvalue weighted by Gasteiger charge is -2.13. The average molecular weight is 804 g/mol. The Morgan fingerprint density at radius 3 is 1.44 bits per heavy atom. The highest BCUT2D eigenvalue weighted by Crippen LogP contribution is 2.41. The Hall–Kier alpha value is -8.54. The Bertz CT molecular complexity index is 3640. The van der Waals surface area contributed by atoms with Gasteiger partial charge in [0.1, 0.15) is 0 Å². The highest BCUT2D eigenvalue weighted by molar-refractivity contribution is 6.23. The monoisotopic (exact) mass is 803 g/mol. The van der Waals surface area contributed by atoms with Gasteiger partial charge in [0.25, 0.3) is 0 Å². The van der Waals surface area contributed by atoms with Crippen molar-refractivity contribution < 1.29 is 0 Å². The smallest absolute Gasteiger partial charge is 0.164 e. The first kappa shape index (κ1) is 36.3. The van der Waals surface area contributed by atoms with Gasteiger partial charge in [0.2, 0.25) is 0 Å². The van der Waals surface area contributed by atoms with Crippen LogP contribution in [0.2, 0.25) is 0 Å². The molecule has 0 N–H and O–H groups in total. The summed E-state index contributed by atoms with van der Waals surface area (Å²) in [5.74, 6) is 1.89. The second-order valence-electron chi connectivity index (χ2n) is 15.8. The molecule has 12 rings (SSSR count). The minimum atomic E-state index is 0.624. The minimum absolute atomic E-state index is 0.624. The van der Waals surface area contributed by atoms with Crippen LogP contribution in [0.4, 0.5) is 0 Å². The van der Waals surface area contributed by atoms with Gasteiger partial charge in [-0.15, -0.1) is 0 Å². The van der Waals surface area contributed by atoms with Crippen molar-refractivity contribution in [2.24, 2.45) is 0 Å². The van der Waals surface area contributed by atoms with Crippen molar-refractivity contribution in [2.45, 2.75) is 0 Å². The molecule has 5 nitrogen and oxygen atoms in total. The summed E-state index contributed by atoms with van der Waals surface area (Å²) in [5, 5.41) is 5.79. The molecular formula is C58H37N5. The fraction of sp³-hybridized carbons (Fsp3) is 0. The molecule has 5 heteroatoms. The molecule has 3 heterocycles. The lowest BCUT2D eigenvalue weighted by atomic mass is 9.98. The second kappa shape index (κ2) is 15.2. The molecule has 0 saturated heterocycles. The van der Waals surface area contributed by atoms with Crippen LogP contribution < -0.4 is 0 Å². The molecule has 0 aliphatic carbocycles. The van der Waals surface area contributed by atoms with Crippen LogP contribution in [0.1, 0.15) is 0 Å². The average Bonchev–Trinajstić information content (AvgIpc) is 3.71. The van der Waals surface area contributed by atoms with Crippen LogP contribution in [0.15, 0.2) is 224 Å². The van der Waals surface area contributed by atoms with Gasteiger partial charge in [0, 0.05) is 49.5 Å². The van der Waals surface area contributed by atoms with Crippen LogP contribution in [0.3, 0.4) is 0 Å². The maximum absolute atomic E-state index is 5.53.